The third kappa shape index (κ3) is 1.84. The van der Waals surface area contributed by atoms with E-state index in [1.54, 1.807) is 0 Å². The van der Waals surface area contributed by atoms with E-state index in [0.29, 0.717) is 0 Å². The average molecular weight is 216 g/mol. The van der Waals surface area contributed by atoms with Gasteiger partial charge in [-0.1, -0.05) is 6.07 Å². The van der Waals surface area contributed by atoms with Gasteiger partial charge in [0.05, 0.1) is 0 Å². The minimum Gasteiger partial charge on any atom is -0.310 e. The average Bonchev–Trinajstić information content (AvgIpc) is 2.97. The highest BCUT2D eigenvalue weighted by Gasteiger charge is 2.43. The molecule has 15 heavy (non-hydrogen) atoms. The van der Waals surface area contributed by atoms with Crippen molar-refractivity contribution in [2.45, 2.75) is 24.6 Å². The van der Waals surface area contributed by atoms with Crippen molar-refractivity contribution in [2.75, 3.05) is 7.05 Å². The molecule has 0 spiro atoms. The third-order valence-electron chi connectivity index (χ3n) is 2.84. The van der Waals surface area contributed by atoms with Crippen molar-refractivity contribution in [3.63, 3.8) is 0 Å². The Labute approximate surface area is 85.5 Å². The van der Waals surface area contributed by atoms with Gasteiger partial charge in [-0.05, 0) is 31.5 Å². The molecule has 1 heterocycles. The Morgan fingerprint density at radius 1 is 1.33 bits per heavy atom. The van der Waals surface area contributed by atoms with Gasteiger partial charge in [-0.15, -0.1) is 0 Å². The van der Waals surface area contributed by atoms with Crippen LogP contribution >= 0.6 is 0 Å². The first-order valence-corrected chi connectivity index (χ1v) is 4.71. The molecule has 1 aliphatic rings. The lowest BCUT2D eigenvalue weighted by Crippen LogP contribution is -2.24. The normalized spacial score (nSPS) is 18.9. The maximum Gasteiger partial charge on any atom is 0.433 e. The number of halogens is 3. The third-order valence-corrected chi connectivity index (χ3v) is 2.84. The number of hydrogen-bond donors (Lipinski definition) is 1. The van der Waals surface area contributed by atoms with Gasteiger partial charge < -0.3 is 5.32 Å². The van der Waals surface area contributed by atoms with Crippen LogP contribution in [0.1, 0.15) is 24.1 Å². The van der Waals surface area contributed by atoms with E-state index in [1.165, 1.54) is 12.3 Å². The summed E-state index contributed by atoms with van der Waals surface area (Å²) in [4.78, 5) is 3.44. The lowest BCUT2D eigenvalue weighted by Gasteiger charge is -2.14. The van der Waals surface area contributed by atoms with Gasteiger partial charge in [0.15, 0.2) is 0 Å². The second-order valence-corrected chi connectivity index (χ2v) is 3.76. The van der Waals surface area contributed by atoms with Crippen LogP contribution in [0, 0.1) is 0 Å². The first-order valence-electron chi connectivity index (χ1n) is 4.71. The molecule has 1 aliphatic carbocycles. The molecule has 0 amide bonds. The molecule has 82 valence electrons. The second-order valence-electron chi connectivity index (χ2n) is 3.76. The molecule has 0 unspecified atom stereocenters. The van der Waals surface area contributed by atoms with E-state index < -0.39 is 11.9 Å². The molecule has 0 bridgehead atoms. The van der Waals surface area contributed by atoms with Gasteiger partial charge in [-0.3, -0.25) is 4.98 Å². The van der Waals surface area contributed by atoms with Crippen LogP contribution in [-0.2, 0) is 11.7 Å². The summed E-state index contributed by atoms with van der Waals surface area (Å²) in [6.45, 7) is 0. The molecule has 0 aromatic carbocycles. The maximum atomic E-state index is 12.2. The molecule has 2 nitrogen and oxygen atoms in total. The number of rotatable bonds is 2. The van der Waals surface area contributed by atoms with Gasteiger partial charge in [0.25, 0.3) is 0 Å². The first kappa shape index (κ1) is 10.4. The van der Waals surface area contributed by atoms with E-state index in [9.17, 15) is 13.2 Å². The van der Waals surface area contributed by atoms with E-state index in [1.807, 2.05) is 7.05 Å². The molecule has 2 rings (SSSR count). The van der Waals surface area contributed by atoms with Crippen LogP contribution in [0.3, 0.4) is 0 Å². The summed E-state index contributed by atoms with van der Waals surface area (Å²) in [5.41, 5.74) is -0.131. The molecular formula is C10H11F3N2. The lowest BCUT2D eigenvalue weighted by molar-refractivity contribution is -0.141. The van der Waals surface area contributed by atoms with Gasteiger partial charge in [0.2, 0.25) is 0 Å². The van der Waals surface area contributed by atoms with Crippen molar-refractivity contribution in [1.29, 1.82) is 0 Å². The Morgan fingerprint density at radius 2 is 2.00 bits per heavy atom. The molecule has 1 N–H and O–H groups in total. The summed E-state index contributed by atoms with van der Waals surface area (Å²) in [5, 5.41) is 3.11. The highest BCUT2D eigenvalue weighted by atomic mass is 19.4. The van der Waals surface area contributed by atoms with Gasteiger partial charge in [-0.25, -0.2) is 0 Å². The number of nitrogens with one attached hydrogen (secondary N) is 1. The van der Waals surface area contributed by atoms with Crippen LogP contribution in [0.5, 0.6) is 0 Å². The van der Waals surface area contributed by atoms with Gasteiger partial charge in [-0.2, -0.15) is 13.2 Å². The number of hydrogen-bond acceptors (Lipinski definition) is 2. The molecule has 0 aliphatic heterocycles. The fourth-order valence-corrected chi connectivity index (χ4v) is 1.65. The van der Waals surface area contributed by atoms with Gasteiger partial charge >= 0.3 is 6.18 Å². The predicted molar refractivity (Wildman–Crippen MR) is 49.2 cm³/mol. The maximum absolute atomic E-state index is 12.2. The summed E-state index contributed by atoms with van der Waals surface area (Å²) in [7, 11) is 1.81. The fourth-order valence-electron chi connectivity index (χ4n) is 1.65. The van der Waals surface area contributed by atoms with E-state index in [2.05, 4.69) is 10.3 Å². The standard InChI is InChI=1S/C10H11F3N2/c1-14-9(4-5-9)7-2-3-8(15-6-7)10(11,12)13/h2-3,6,14H,4-5H2,1H3. The van der Waals surface area contributed by atoms with E-state index in [-0.39, 0.29) is 5.54 Å². The van der Waals surface area contributed by atoms with Crippen molar-refractivity contribution < 1.29 is 13.2 Å². The van der Waals surface area contributed by atoms with Crippen LogP contribution in [0.25, 0.3) is 0 Å². The Hall–Kier alpha value is -1.10. The van der Waals surface area contributed by atoms with Gasteiger partial charge in [0.1, 0.15) is 5.69 Å². The lowest BCUT2D eigenvalue weighted by atomic mass is 10.1. The van der Waals surface area contributed by atoms with Crippen molar-refractivity contribution >= 4 is 0 Å². The Kier molecular flexibility index (Phi) is 2.22. The van der Waals surface area contributed by atoms with E-state index >= 15 is 0 Å². The molecule has 1 fully saturated rings. The quantitative estimate of drug-likeness (QED) is 0.820. The molecule has 0 atom stereocenters. The highest BCUT2D eigenvalue weighted by molar-refractivity contribution is 5.29. The SMILES string of the molecule is CNC1(c2ccc(C(F)(F)F)nc2)CC1. The highest BCUT2D eigenvalue weighted by Crippen LogP contribution is 2.45. The first-order chi connectivity index (χ1) is 6.98. The van der Waals surface area contributed by atoms with Gasteiger partial charge in [0, 0.05) is 11.7 Å². The van der Waals surface area contributed by atoms with Crippen molar-refractivity contribution in [2.24, 2.45) is 0 Å². The zero-order valence-corrected chi connectivity index (χ0v) is 8.23. The van der Waals surface area contributed by atoms with Crippen LogP contribution in [-0.4, -0.2) is 12.0 Å². The van der Waals surface area contributed by atoms with Crippen LogP contribution < -0.4 is 5.32 Å². The Morgan fingerprint density at radius 3 is 2.33 bits per heavy atom. The zero-order valence-electron chi connectivity index (χ0n) is 8.23. The summed E-state index contributed by atoms with van der Waals surface area (Å²) < 4.78 is 36.7. The summed E-state index contributed by atoms with van der Waals surface area (Å²) in [6, 6.07) is 2.53. The summed E-state index contributed by atoms with van der Waals surface area (Å²) in [6.07, 6.45) is -1.13. The second kappa shape index (κ2) is 3.20. The fraction of sp³-hybridized carbons (Fsp3) is 0.500. The molecule has 1 aromatic heterocycles. The number of alkyl halides is 3. The topological polar surface area (TPSA) is 24.9 Å². The van der Waals surface area contributed by atoms with Crippen molar-refractivity contribution in [3.05, 3.63) is 29.6 Å². The minimum atomic E-state index is -4.35. The van der Waals surface area contributed by atoms with Crippen LogP contribution in [0.4, 0.5) is 13.2 Å². The van der Waals surface area contributed by atoms with Crippen molar-refractivity contribution in [1.82, 2.24) is 10.3 Å². The smallest absolute Gasteiger partial charge is 0.310 e. The molecule has 5 heteroatoms. The number of nitrogens with zero attached hydrogens (tertiary/aromatic N) is 1. The molecule has 1 saturated carbocycles. The molecular weight excluding hydrogens is 205 g/mol. The zero-order chi connectivity index (χ0) is 11.1. The predicted octanol–water partition coefficient (Wildman–Crippen LogP) is 2.31. The Bertz CT molecular complexity index is 352. The summed E-state index contributed by atoms with van der Waals surface area (Å²) in [5.74, 6) is 0. The van der Waals surface area contributed by atoms with E-state index in [0.717, 1.165) is 24.5 Å². The largest absolute Gasteiger partial charge is 0.433 e. The van der Waals surface area contributed by atoms with E-state index in [4.69, 9.17) is 0 Å². The molecule has 0 radical (unpaired) electrons. The number of aromatic nitrogens is 1. The Balaban J connectivity index is 2.25. The number of pyridine rings is 1. The molecule has 0 saturated heterocycles. The molecule has 1 aromatic rings. The monoisotopic (exact) mass is 216 g/mol. The summed E-state index contributed by atoms with van der Waals surface area (Å²) >= 11 is 0. The van der Waals surface area contributed by atoms with Crippen molar-refractivity contribution in [3.8, 4) is 0 Å². The van der Waals surface area contributed by atoms with Crippen LogP contribution in [0.15, 0.2) is 18.3 Å². The van der Waals surface area contributed by atoms with Crippen LogP contribution in [0.2, 0.25) is 0 Å². The minimum absolute atomic E-state index is 0.128.